The van der Waals surface area contributed by atoms with Crippen LogP contribution in [0.4, 0.5) is 0 Å². The van der Waals surface area contributed by atoms with E-state index in [0.29, 0.717) is 0 Å². The standard InChI is InChI=1S/C9H13N3/c1-3-8(2)12-5-4-11-7-9(12)6-10/h1,8-9,11H,4-5,7H2,2H3. The van der Waals surface area contributed by atoms with Crippen molar-refractivity contribution in [3.63, 3.8) is 0 Å². The van der Waals surface area contributed by atoms with Crippen molar-refractivity contribution in [2.24, 2.45) is 0 Å². The lowest BCUT2D eigenvalue weighted by molar-refractivity contribution is 0.176. The molecule has 0 aliphatic carbocycles. The van der Waals surface area contributed by atoms with Crippen LogP contribution in [0.5, 0.6) is 0 Å². The highest BCUT2D eigenvalue weighted by molar-refractivity contribution is 5.05. The number of nitriles is 1. The van der Waals surface area contributed by atoms with Gasteiger partial charge in [-0.1, -0.05) is 5.92 Å². The summed E-state index contributed by atoms with van der Waals surface area (Å²) in [6, 6.07) is 2.24. The molecule has 0 amide bonds. The van der Waals surface area contributed by atoms with E-state index in [1.807, 2.05) is 6.92 Å². The molecule has 1 rings (SSSR count). The van der Waals surface area contributed by atoms with Crippen LogP contribution in [0.3, 0.4) is 0 Å². The molecule has 0 spiro atoms. The van der Waals surface area contributed by atoms with Crippen molar-refractivity contribution < 1.29 is 0 Å². The Morgan fingerprint density at radius 2 is 2.50 bits per heavy atom. The summed E-state index contributed by atoms with van der Waals surface area (Å²) in [6.07, 6.45) is 5.30. The van der Waals surface area contributed by atoms with E-state index in [2.05, 4.69) is 22.2 Å². The normalized spacial score (nSPS) is 27.1. The van der Waals surface area contributed by atoms with E-state index in [1.165, 1.54) is 0 Å². The van der Waals surface area contributed by atoms with Gasteiger partial charge >= 0.3 is 0 Å². The Hall–Kier alpha value is -1.03. The molecule has 0 aromatic carbocycles. The van der Waals surface area contributed by atoms with Gasteiger partial charge in [0, 0.05) is 19.6 Å². The molecule has 3 heteroatoms. The van der Waals surface area contributed by atoms with Gasteiger partial charge in [0.2, 0.25) is 0 Å². The summed E-state index contributed by atoms with van der Waals surface area (Å²) < 4.78 is 0. The van der Waals surface area contributed by atoms with Crippen LogP contribution in [0.25, 0.3) is 0 Å². The van der Waals surface area contributed by atoms with Gasteiger partial charge in [-0.05, 0) is 6.92 Å². The Morgan fingerprint density at radius 3 is 3.08 bits per heavy atom. The first-order valence-electron chi connectivity index (χ1n) is 4.11. The molecule has 1 fully saturated rings. The van der Waals surface area contributed by atoms with Gasteiger partial charge in [-0.15, -0.1) is 6.42 Å². The van der Waals surface area contributed by atoms with E-state index < -0.39 is 0 Å². The zero-order valence-electron chi connectivity index (χ0n) is 7.25. The number of terminal acetylenes is 1. The van der Waals surface area contributed by atoms with Crippen LogP contribution in [0, 0.1) is 23.7 Å². The minimum atomic E-state index is -0.0650. The van der Waals surface area contributed by atoms with Crippen molar-refractivity contribution in [3.05, 3.63) is 0 Å². The van der Waals surface area contributed by atoms with Crippen molar-refractivity contribution in [1.82, 2.24) is 10.2 Å². The summed E-state index contributed by atoms with van der Waals surface area (Å²) in [6.45, 7) is 4.46. The fourth-order valence-electron chi connectivity index (χ4n) is 1.40. The van der Waals surface area contributed by atoms with Gasteiger partial charge in [0.15, 0.2) is 0 Å². The van der Waals surface area contributed by atoms with Crippen LogP contribution in [0.2, 0.25) is 0 Å². The minimum Gasteiger partial charge on any atom is -0.313 e. The fourth-order valence-corrected chi connectivity index (χ4v) is 1.40. The van der Waals surface area contributed by atoms with Crippen molar-refractivity contribution in [3.8, 4) is 18.4 Å². The van der Waals surface area contributed by atoms with Crippen molar-refractivity contribution in [1.29, 1.82) is 5.26 Å². The monoisotopic (exact) mass is 163 g/mol. The first-order valence-corrected chi connectivity index (χ1v) is 4.11. The first kappa shape index (κ1) is 9.06. The zero-order valence-corrected chi connectivity index (χ0v) is 7.25. The third-order valence-electron chi connectivity index (χ3n) is 2.17. The molecular weight excluding hydrogens is 150 g/mol. The van der Waals surface area contributed by atoms with Gasteiger partial charge in [-0.25, -0.2) is 0 Å². The highest BCUT2D eigenvalue weighted by Gasteiger charge is 2.24. The summed E-state index contributed by atoms with van der Waals surface area (Å²) in [5, 5.41) is 12.0. The molecule has 1 N–H and O–H groups in total. The summed E-state index contributed by atoms with van der Waals surface area (Å²) in [5.74, 6) is 2.65. The number of nitrogens with zero attached hydrogens (tertiary/aromatic N) is 2. The third-order valence-corrected chi connectivity index (χ3v) is 2.17. The predicted molar refractivity (Wildman–Crippen MR) is 47.3 cm³/mol. The van der Waals surface area contributed by atoms with E-state index in [1.54, 1.807) is 0 Å². The molecule has 2 atom stereocenters. The third kappa shape index (κ3) is 1.76. The second-order valence-electron chi connectivity index (χ2n) is 2.93. The van der Waals surface area contributed by atoms with Crippen LogP contribution in [0.1, 0.15) is 6.92 Å². The molecule has 64 valence electrons. The van der Waals surface area contributed by atoms with Gasteiger partial charge in [0.1, 0.15) is 6.04 Å². The van der Waals surface area contributed by atoms with Crippen LogP contribution in [-0.4, -0.2) is 36.6 Å². The number of hydrogen-bond acceptors (Lipinski definition) is 3. The highest BCUT2D eigenvalue weighted by Crippen LogP contribution is 2.06. The molecule has 1 saturated heterocycles. The molecule has 2 unspecified atom stereocenters. The van der Waals surface area contributed by atoms with Crippen molar-refractivity contribution >= 4 is 0 Å². The SMILES string of the molecule is C#CC(C)N1CCNCC1C#N. The average molecular weight is 163 g/mol. The number of hydrogen-bond donors (Lipinski definition) is 1. The van der Waals surface area contributed by atoms with E-state index in [9.17, 15) is 0 Å². The van der Waals surface area contributed by atoms with Gasteiger partial charge < -0.3 is 5.32 Å². The molecule has 1 aliphatic heterocycles. The molecule has 1 heterocycles. The Balaban J connectivity index is 2.61. The maximum absolute atomic E-state index is 8.81. The molecule has 0 aromatic rings. The summed E-state index contributed by atoms with van der Waals surface area (Å²) in [4.78, 5) is 2.05. The molecule has 0 radical (unpaired) electrons. The largest absolute Gasteiger partial charge is 0.313 e. The lowest BCUT2D eigenvalue weighted by Gasteiger charge is -2.34. The topological polar surface area (TPSA) is 39.1 Å². The number of piperazine rings is 1. The molecule has 1 aliphatic rings. The van der Waals surface area contributed by atoms with Crippen LogP contribution in [-0.2, 0) is 0 Å². The highest BCUT2D eigenvalue weighted by atomic mass is 15.2. The molecular formula is C9H13N3. The van der Waals surface area contributed by atoms with E-state index in [-0.39, 0.29) is 12.1 Å². The summed E-state index contributed by atoms with van der Waals surface area (Å²) in [7, 11) is 0. The number of nitrogens with one attached hydrogen (secondary N) is 1. The van der Waals surface area contributed by atoms with Gasteiger partial charge in [0.25, 0.3) is 0 Å². The maximum atomic E-state index is 8.81. The molecule has 12 heavy (non-hydrogen) atoms. The van der Waals surface area contributed by atoms with E-state index in [0.717, 1.165) is 19.6 Å². The number of rotatable bonds is 1. The van der Waals surface area contributed by atoms with Crippen LogP contribution >= 0.6 is 0 Å². The summed E-state index contributed by atoms with van der Waals surface area (Å²) >= 11 is 0. The Bertz CT molecular complexity index is 223. The lowest BCUT2D eigenvalue weighted by Crippen LogP contribution is -2.53. The van der Waals surface area contributed by atoms with Crippen molar-refractivity contribution in [2.45, 2.75) is 19.0 Å². The maximum Gasteiger partial charge on any atom is 0.111 e. The second-order valence-corrected chi connectivity index (χ2v) is 2.93. The Kier molecular flexibility index (Phi) is 3.10. The zero-order chi connectivity index (χ0) is 8.97. The predicted octanol–water partition coefficient (Wildman–Crippen LogP) is -0.195. The van der Waals surface area contributed by atoms with Gasteiger partial charge in [-0.3, -0.25) is 4.90 Å². The second kappa shape index (κ2) is 4.11. The van der Waals surface area contributed by atoms with Gasteiger partial charge in [0.05, 0.1) is 12.1 Å². The van der Waals surface area contributed by atoms with Crippen LogP contribution < -0.4 is 5.32 Å². The van der Waals surface area contributed by atoms with Gasteiger partial charge in [-0.2, -0.15) is 5.26 Å². The van der Waals surface area contributed by atoms with E-state index in [4.69, 9.17) is 11.7 Å². The first-order chi connectivity index (χ1) is 5.79. The van der Waals surface area contributed by atoms with E-state index >= 15 is 0 Å². The summed E-state index contributed by atoms with van der Waals surface area (Å²) in [5.41, 5.74) is 0. The Morgan fingerprint density at radius 1 is 1.75 bits per heavy atom. The lowest BCUT2D eigenvalue weighted by atomic mass is 10.1. The minimum absolute atomic E-state index is 0.0650. The average Bonchev–Trinajstić information content (AvgIpc) is 2.16. The molecule has 0 bridgehead atoms. The van der Waals surface area contributed by atoms with Crippen molar-refractivity contribution in [2.75, 3.05) is 19.6 Å². The molecule has 0 aromatic heterocycles. The smallest absolute Gasteiger partial charge is 0.111 e. The Labute approximate surface area is 73.4 Å². The fraction of sp³-hybridized carbons (Fsp3) is 0.667. The van der Waals surface area contributed by atoms with Crippen LogP contribution in [0.15, 0.2) is 0 Å². The quantitative estimate of drug-likeness (QED) is 0.544. The molecule has 3 nitrogen and oxygen atoms in total. The molecule has 0 saturated carbocycles.